The van der Waals surface area contributed by atoms with Crippen molar-refractivity contribution < 1.29 is 4.79 Å². The minimum Gasteiger partial charge on any atom is -0.347 e. The van der Waals surface area contributed by atoms with E-state index in [-0.39, 0.29) is 18.0 Å². The number of nitrogens with one attached hydrogen (secondary N) is 1. The fourth-order valence-corrected chi connectivity index (χ4v) is 1.96. The van der Waals surface area contributed by atoms with Crippen LogP contribution in [0.4, 0.5) is 0 Å². The fraction of sp³-hybridized carbons (Fsp3) is 0.556. The van der Waals surface area contributed by atoms with Crippen LogP contribution in [0.1, 0.15) is 28.0 Å². The molecular weight excluding hydrogens is 198 g/mol. The first kappa shape index (κ1) is 9.61. The van der Waals surface area contributed by atoms with Gasteiger partial charge in [0.25, 0.3) is 5.91 Å². The monoisotopic (exact) mass is 211 g/mol. The van der Waals surface area contributed by atoms with E-state index in [4.69, 9.17) is 5.73 Å². The molecule has 0 aromatic carbocycles. The molecular formula is C9H13N3OS. The van der Waals surface area contributed by atoms with E-state index in [2.05, 4.69) is 10.3 Å². The molecule has 2 atom stereocenters. The molecule has 1 aromatic rings. The lowest BCUT2D eigenvalue weighted by Crippen LogP contribution is -2.28. The fourth-order valence-electron chi connectivity index (χ4n) is 1.20. The summed E-state index contributed by atoms with van der Waals surface area (Å²) in [5.41, 5.74) is 5.60. The number of nitrogens with zero attached hydrogens (tertiary/aromatic N) is 1. The van der Waals surface area contributed by atoms with Gasteiger partial charge in [0.2, 0.25) is 0 Å². The lowest BCUT2D eigenvalue weighted by molar-refractivity contribution is 0.0954. The maximum atomic E-state index is 11.6. The number of rotatable bonds is 3. The molecule has 1 saturated carbocycles. The Balaban J connectivity index is 1.96. The van der Waals surface area contributed by atoms with Gasteiger partial charge in [-0.25, -0.2) is 4.98 Å². The number of carbonyl (C=O) groups excluding carboxylic acids is 1. The van der Waals surface area contributed by atoms with Crippen LogP contribution in [0.15, 0.2) is 6.20 Å². The van der Waals surface area contributed by atoms with E-state index in [1.807, 2.05) is 6.92 Å². The summed E-state index contributed by atoms with van der Waals surface area (Å²) in [6.45, 7) is 2.03. The van der Waals surface area contributed by atoms with Crippen molar-refractivity contribution in [2.75, 3.05) is 0 Å². The molecule has 1 aliphatic carbocycles. The quantitative estimate of drug-likeness (QED) is 0.766. The van der Waals surface area contributed by atoms with Gasteiger partial charge >= 0.3 is 0 Å². The first-order valence-electron chi connectivity index (χ1n) is 4.72. The minimum atomic E-state index is -0.0415. The number of carbonyl (C=O) groups is 1. The van der Waals surface area contributed by atoms with Crippen LogP contribution in [0.3, 0.4) is 0 Å². The van der Waals surface area contributed by atoms with Crippen molar-refractivity contribution in [2.24, 2.45) is 5.73 Å². The third kappa shape index (κ3) is 1.93. The molecule has 0 spiro atoms. The molecule has 2 rings (SSSR count). The number of hydrogen-bond donors (Lipinski definition) is 2. The SMILES string of the molecule is CCc1ncc(C(=O)NC2CC2N)s1. The van der Waals surface area contributed by atoms with Crippen molar-refractivity contribution >= 4 is 17.2 Å². The van der Waals surface area contributed by atoms with Gasteiger partial charge in [0.05, 0.1) is 11.2 Å². The van der Waals surface area contributed by atoms with Gasteiger partial charge in [-0.1, -0.05) is 6.92 Å². The van der Waals surface area contributed by atoms with E-state index in [0.29, 0.717) is 4.88 Å². The highest BCUT2D eigenvalue weighted by atomic mass is 32.1. The molecule has 14 heavy (non-hydrogen) atoms. The number of thiazole rings is 1. The smallest absolute Gasteiger partial charge is 0.263 e. The van der Waals surface area contributed by atoms with Crippen molar-refractivity contribution in [1.29, 1.82) is 0 Å². The predicted octanol–water partition coefficient (Wildman–Crippen LogP) is 0.535. The van der Waals surface area contributed by atoms with Crippen molar-refractivity contribution in [3.05, 3.63) is 16.1 Å². The predicted molar refractivity (Wildman–Crippen MR) is 55.3 cm³/mol. The Morgan fingerprint density at radius 1 is 1.86 bits per heavy atom. The van der Waals surface area contributed by atoms with E-state index in [0.717, 1.165) is 17.8 Å². The number of amides is 1. The molecule has 2 unspecified atom stereocenters. The standard InChI is InChI=1S/C9H13N3OS/c1-2-8-11-4-7(14-8)9(13)12-6-3-5(6)10/h4-6H,2-3,10H2,1H3,(H,12,13). The Morgan fingerprint density at radius 3 is 3.07 bits per heavy atom. The van der Waals surface area contributed by atoms with Gasteiger partial charge in [0.15, 0.2) is 0 Å². The Labute approximate surface area is 86.5 Å². The summed E-state index contributed by atoms with van der Waals surface area (Å²) in [6.07, 6.45) is 3.40. The van der Waals surface area contributed by atoms with Crippen LogP contribution in [0, 0.1) is 0 Å². The Hall–Kier alpha value is -0.940. The highest BCUT2D eigenvalue weighted by Crippen LogP contribution is 2.20. The third-order valence-corrected chi connectivity index (χ3v) is 3.38. The number of aryl methyl sites for hydroxylation is 1. The molecule has 1 fully saturated rings. The average Bonchev–Trinajstić information content (AvgIpc) is 2.72. The largest absolute Gasteiger partial charge is 0.347 e. The maximum absolute atomic E-state index is 11.6. The first-order valence-corrected chi connectivity index (χ1v) is 5.53. The molecule has 3 N–H and O–H groups in total. The van der Waals surface area contributed by atoms with Crippen molar-refractivity contribution in [3.8, 4) is 0 Å². The van der Waals surface area contributed by atoms with E-state index in [1.54, 1.807) is 6.20 Å². The van der Waals surface area contributed by atoms with Gasteiger partial charge in [-0.05, 0) is 12.8 Å². The summed E-state index contributed by atoms with van der Waals surface area (Å²) < 4.78 is 0. The number of hydrogen-bond acceptors (Lipinski definition) is 4. The van der Waals surface area contributed by atoms with Crippen LogP contribution >= 0.6 is 11.3 Å². The molecule has 0 saturated heterocycles. The summed E-state index contributed by atoms with van der Waals surface area (Å²) in [6, 6.07) is 0.326. The van der Waals surface area contributed by atoms with Gasteiger partial charge in [-0.3, -0.25) is 4.79 Å². The number of aromatic nitrogens is 1. The molecule has 1 amide bonds. The molecule has 1 aliphatic rings. The molecule has 0 bridgehead atoms. The van der Waals surface area contributed by atoms with Gasteiger partial charge in [0, 0.05) is 12.1 Å². The molecule has 0 aliphatic heterocycles. The summed E-state index contributed by atoms with van der Waals surface area (Å²) >= 11 is 1.45. The lowest BCUT2D eigenvalue weighted by Gasteiger charge is -1.99. The van der Waals surface area contributed by atoms with Crippen LogP contribution in [0.5, 0.6) is 0 Å². The summed E-state index contributed by atoms with van der Waals surface area (Å²) in [4.78, 5) is 16.4. The second kappa shape index (κ2) is 3.67. The second-order valence-corrected chi connectivity index (χ2v) is 4.57. The molecule has 5 heteroatoms. The maximum Gasteiger partial charge on any atom is 0.263 e. The Kier molecular flexibility index (Phi) is 2.52. The topological polar surface area (TPSA) is 68.0 Å². The first-order chi connectivity index (χ1) is 6.70. The second-order valence-electron chi connectivity index (χ2n) is 3.45. The highest BCUT2D eigenvalue weighted by Gasteiger charge is 2.35. The molecule has 1 aromatic heterocycles. The zero-order valence-corrected chi connectivity index (χ0v) is 8.80. The summed E-state index contributed by atoms with van der Waals surface area (Å²) in [5.74, 6) is -0.0415. The van der Waals surface area contributed by atoms with Crippen molar-refractivity contribution in [1.82, 2.24) is 10.3 Å². The molecule has 4 nitrogen and oxygen atoms in total. The highest BCUT2D eigenvalue weighted by molar-refractivity contribution is 7.13. The van der Waals surface area contributed by atoms with Crippen LogP contribution in [-0.4, -0.2) is 23.0 Å². The van der Waals surface area contributed by atoms with E-state index >= 15 is 0 Å². The van der Waals surface area contributed by atoms with Gasteiger partial charge in [-0.2, -0.15) is 0 Å². The van der Waals surface area contributed by atoms with Gasteiger partial charge in [-0.15, -0.1) is 11.3 Å². The van der Waals surface area contributed by atoms with Crippen molar-refractivity contribution in [3.63, 3.8) is 0 Å². The molecule has 1 heterocycles. The van der Waals surface area contributed by atoms with E-state index < -0.39 is 0 Å². The minimum absolute atomic E-state index is 0.0415. The van der Waals surface area contributed by atoms with Crippen LogP contribution in [-0.2, 0) is 6.42 Å². The normalized spacial score (nSPS) is 24.7. The van der Waals surface area contributed by atoms with Gasteiger partial charge < -0.3 is 11.1 Å². The lowest BCUT2D eigenvalue weighted by atomic mass is 10.5. The summed E-state index contributed by atoms with van der Waals surface area (Å²) in [7, 11) is 0. The van der Waals surface area contributed by atoms with Crippen LogP contribution < -0.4 is 11.1 Å². The third-order valence-electron chi connectivity index (χ3n) is 2.24. The Morgan fingerprint density at radius 2 is 2.57 bits per heavy atom. The van der Waals surface area contributed by atoms with Crippen LogP contribution in [0.25, 0.3) is 0 Å². The zero-order valence-electron chi connectivity index (χ0n) is 7.99. The molecule has 0 radical (unpaired) electrons. The van der Waals surface area contributed by atoms with Gasteiger partial charge in [0.1, 0.15) is 4.88 Å². The zero-order chi connectivity index (χ0) is 10.1. The Bertz CT molecular complexity index is 350. The number of nitrogens with two attached hydrogens (primary N) is 1. The van der Waals surface area contributed by atoms with Crippen LogP contribution in [0.2, 0.25) is 0 Å². The average molecular weight is 211 g/mol. The summed E-state index contributed by atoms with van der Waals surface area (Å²) in [5, 5.41) is 3.86. The van der Waals surface area contributed by atoms with E-state index in [9.17, 15) is 4.79 Å². The van der Waals surface area contributed by atoms with E-state index in [1.165, 1.54) is 11.3 Å². The molecule has 76 valence electrons. The van der Waals surface area contributed by atoms with Crippen molar-refractivity contribution in [2.45, 2.75) is 31.8 Å².